The third kappa shape index (κ3) is 1.96. The normalized spacial score (nSPS) is 36.1. The summed E-state index contributed by atoms with van der Waals surface area (Å²) in [6, 6.07) is 0. The first kappa shape index (κ1) is 11.1. The Morgan fingerprint density at radius 3 is 2.67 bits per heavy atom. The van der Waals surface area contributed by atoms with Gasteiger partial charge >= 0.3 is 0 Å². The summed E-state index contributed by atoms with van der Waals surface area (Å²) in [7, 11) is 0. The van der Waals surface area contributed by atoms with Crippen molar-refractivity contribution in [2.24, 2.45) is 11.3 Å². The van der Waals surface area contributed by atoms with Crippen molar-refractivity contribution in [2.45, 2.75) is 58.5 Å². The number of carbonyl (C=O) groups is 1. The molecule has 86 valence electrons. The number of hydrogen-bond acceptors (Lipinski definition) is 2. The molecule has 2 unspecified atom stereocenters. The molecule has 2 rings (SSSR count). The molecule has 0 aromatic rings. The molecule has 2 nitrogen and oxygen atoms in total. The minimum atomic E-state index is -0.167. The summed E-state index contributed by atoms with van der Waals surface area (Å²) in [4.78, 5) is 11.5. The lowest BCUT2D eigenvalue weighted by atomic mass is 9.64. The van der Waals surface area contributed by atoms with Crippen molar-refractivity contribution < 1.29 is 9.53 Å². The van der Waals surface area contributed by atoms with E-state index in [4.69, 9.17) is 4.74 Å². The highest BCUT2D eigenvalue weighted by Gasteiger charge is 2.50. The molecule has 2 fully saturated rings. The Balaban J connectivity index is 1.68. The van der Waals surface area contributed by atoms with E-state index in [1.54, 1.807) is 0 Å². The van der Waals surface area contributed by atoms with E-state index < -0.39 is 0 Å². The summed E-state index contributed by atoms with van der Waals surface area (Å²) >= 11 is 0. The SMILES string of the molecule is CCC1(C)C(=O)CC1OCCC1CCC1. The number of rotatable bonds is 5. The van der Waals surface area contributed by atoms with E-state index >= 15 is 0 Å². The molecule has 0 bridgehead atoms. The third-order valence-electron chi connectivity index (χ3n) is 4.52. The lowest BCUT2D eigenvalue weighted by Crippen LogP contribution is -2.53. The van der Waals surface area contributed by atoms with E-state index in [1.807, 2.05) is 6.92 Å². The summed E-state index contributed by atoms with van der Waals surface area (Å²) in [5, 5.41) is 0. The van der Waals surface area contributed by atoms with Crippen LogP contribution in [-0.2, 0) is 9.53 Å². The van der Waals surface area contributed by atoms with Gasteiger partial charge in [-0.15, -0.1) is 0 Å². The van der Waals surface area contributed by atoms with Crippen LogP contribution < -0.4 is 0 Å². The highest BCUT2D eigenvalue weighted by molar-refractivity contribution is 5.91. The van der Waals surface area contributed by atoms with Crippen molar-refractivity contribution in [2.75, 3.05) is 6.61 Å². The van der Waals surface area contributed by atoms with Gasteiger partial charge in [-0.1, -0.05) is 33.1 Å². The molecule has 2 heteroatoms. The molecule has 0 aromatic heterocycles. The van der Waals surface area contributed by atoms with E-state index in [0.717, 1.165) is 18.9 Å². The molecule has 0 radical (unpaired) electrons. The molecular weight excluding hydrogens is 188 g/mol. The molecule has 2 aliphatic rings. The van der Waals surface area contributed by atoms with Gasteiger partial charge in [-0.2, -0.15) is 0 Å². The second-order valence-corrected chi connectivity index (χ2v) is 5.34. The van der Waals surface area contributed by atoms with Crippen LogP contribution in [0.4, 0.5) is 0 Å². The van der Waals surface area contributed by atoms with E-state index in [1.165, 1.54) is 25.7 Å². The van der Waals surface area contributed by atoms with Crippen molar-refractivity contribution in [1.29, 1.82) is 0 Å². The van der Waals surface area contributed by atoms with Gasteiger partial charge in [0.2, 0.25) is 0 Å². The van der Waals surface area contributed by atoms with Gasteiger partial charge in [0.1, 0.15) is 5.78 Å². The zero-order valence-electron chi connectivity index (χ0n) is 9.92. The van der Waals surface area contributed by atoms with Crippen LogP contribution in [0.25, 0.3) is 0 Å². The fourth-order valence-corrected chi connectivity index (χ4v) is 2.50. The van der Waals surface area contributed by atoms with Crippen LogP contribution in [-0.4, -0.2) is 18.5 Å². The minimum Gasteiger partial charge on any atom is -0.377 e. The summed E-state index contributed by atoms with van der Waals surface area (Å²) in [6.45, 7) is 4.99. The van der Waals surface area contributed by atoms with Crippen molar-refractivity contribution in [3.8, 4) is 0 Å². The van der Waals surface area contributed by atoms with Gasteiger partial charge in [-0.25, -0.2) is 0 Å². The van der Waals surface area contributed by atoms with Gasteiger partial charge in [0.15, 0.2) is 0 Å². The smallest absolute Gasteiger partial charge is 0.143 e. The zero-order valence-corrected chi connectivity index (χ0v) is 9.92. The van der Waals surface area contributed by atoms with Crippen LogP contribution in [0.1, 0.15) is 52.4 Å². The Labute approximate surface area is 92.4 Å². The summed E-state index contributed by atoms with van der Waals surface area (Å²) < 4.78 is 5.84. The molecular formula is C13H22O2. The maximum atomic E-state index is 11.5. The van der Waals surface area contributed by atoms with E-state index in [-0.39, 0.29) is 11.5 Å². The van der Waals surface area contributed by atoms with Crippen molar-refractivity contribution in [1.82, 2.24) is 0 Å². The third-order valence-corrected chi connectivity index (χ3v) is 4.52. The second-order valence-electron chi connectivity index (χ2n) is 5.34. The van der Waals surface area contributed by atoms with E-state index in [9.17, 15) is 4.79 Å². The highest BCUT2D eigenvalue weighted by Crippen LogP contribution is 2.42. The van der Waals surface area contributed by atoms with Crippen LogP contribution in [0.3, 0.4) is 0 Å². The Bertz CT molecular complexity index is 245. The number of hydrogen-bond donors (Lipinski definition) is 0. The Morgan fingerprint density at radius 1 is 1.47 bits per heavy atom. The lowest BCUT2D eigenvalue weighted by Gasteiger charge is -2.44. The molecule has 0 aliphatic heterocycles. The first-order valence-corrected chi connectivity index (χ1v) is 6.31. The predicted octanol–water partition coefficient (Wildman–Crippen LogP) is 2.95. The highest BCUT2D eigenvalue weighted by atomic mass is 16.5. The monoisotopic (exact) mass is 210 g/mol. The molecule has 0 saturated heterocycles. The average molecular weight is 210 g/mol. The number of ether oxygens (including phenoxy) is 1. The minimum absolute atomic E-state index is 0.167. The molecule has 0 amide bonds. The van der Waals surface area contributed by atoms with Crippen LogP contribution in [0, 0.1) is 11.3 Å². The Morgan fingerprint density at radius 2 is 2.20 bits per heavy atom. The summed E-state index contributed by atoms with van der Waals surface area (Å²) in [5.74, 6) is 1.30. The topological polar surface area (TPSA) is 26.3 Å². The number of Topliss-reactive ketones (excluding diaryl/α,β-unsaturated/α-hetero) is 1. The molecule has 0 spiro atoms. The Hall–Kier alpha value is -0.370. The van der Waals surface area contributed by atoms with Gasteiger partial charge < -0.3 is 4.74 Å². The van der Waals surface area contributed by atoms with Crippen LogP contribution >= 0.6 is 0 Å². The molecule has 15 heavy (non-hydrogen) atoms. The van der Waals surface area contributed by atoms with Crippen LogP contribution in [0.5, 0.6) is 0 Å². The molecule has 2 saturated carbocycles. The van der Waals surface area contributed by atoms with Gasteiger partial charge in [0.25, 0.3) is 0 Å². The zero-order chi connectivity index (χ0) is 10.9. The van der Waals surface area contributed by atoms with Crippen molar-refractivity contribution in [3.63, 3.8) is 0 Å². The first-order chi connectivity index (χ1) is 7.16. The number of carbonyl (C=O) groups excluding carboxylic acids is 1. The van der Waals surface area contributed by atoms with Crippen LogP contribution in [0.2, 0.25) is 0 Å². The molecule has 0 aromatic carbocycles. The summed E-state index contributed by atoms with van der Waals surface area (Å²) in [5.41, 5.74) is -0.167. The van der Waals surface area contributed by atoms with Gasteiger partial charge in [0, 0.05) is 13.0 Å². The van der Waals surface area contributed by atoms with Gasteiger partial charge in [-0.3, -0.25) is 4.79 Å². The quantitative estimate of drug-likeness (QED) is 0.697. The molecule has 2 atom stereocenters. The molecule has 0 heterocycles. The second kappa shape index (κ2) is 4.25. The van der Waals surface area contributed by atoms with Crippen molar-refractivity contribution in [3.05, 3.63) is 0 Å². The van der Waals surface area contributed by atoms with Crippen LogP contribution in [0.15, 0.2) is 0 Å². The molecule has 2 aliphatic carbocycles. The van der Waals surface area contributed by atoms with Gasteiger partial charge in [-0.05, 0) is 18.8 Å². The standard InChI is InChI=1S/C13H22O2/c1-3-13(2)11(14)9-12(13)15-8-7-10-5-4-6-10/h10,12H,3-9H2,1-2H3. The average Bonchev–Trinajstić information content (AvgIpc) is 2.18. The fraction of sp³-hybridized carbons (Fsp3) is 0.923. The maximum absolute atomic E-state index is 11.5. The first-order valence-electron chi connectivity index (χ1n) is 6.31. The lowest BCUT2D eigenvalue weighted by molar-refractivity contribution is -0.162. The largest absolute Gasteiger partial charge is 0.377 e. The molecule has 0 N–H and O–H groups in total. The fourth-order valence-electron chi connectivity index (χ4n) is 2.50. The van der Waals surface area contributed by atoms with Crippen molar-refractivity contribution >= 4 is 5.78 Å². The predicted molar refractivity (Wildman–Crippen MR) is 59.7 cm³/mol. The van der Waals surface area contributed by atoms with E-state index in [0.29, 0.717) is 12.2 Å². The maximum Gasteiger partial charge on any atom is 0.143 e. The number of ketones is 1. The Kier molecular flexibility index (Phi) is 3.15. The van der Waals surface area contributed by atoms with E-state index in [2.05, 4.69) is 6.92 Å². The summed E-state index contributed by atoms with van der Waals surface area (Å²) in [6.07, 6.45) is 7.14. The van der Waals surface area contributed by atoms with Gasteiger partial charge in [0.05, 0.1) is 11.5 Å².